The Morgan fingerprint density at radius 3 is 2.62 bits per heavy atom. The van der Waals surface area contributed by atoms with Crippen LogP contribution in [0.25, 0.3) is 10.9 Å². The molecular formula is C19H18ClNO3. The Morgan fingerprint density at radius 2 is 1.92 bits per heavy atom. The molecule has 0 aliphatic heterocycles. The van der Waals surface area contributed by atoms with E-state index in [1.807, 2.05) is 24.3 Å². The maximum absolute atomic E-state index is 12.4. The third kappa shape index (κ3) is 3.39. The first-order valence-corrected chi connectivity index (χ1v) is 8.21. The number of aromatic nitrogens is 1. The van der Waals surface area contributed by atoms with E-state index in [1.54, 1.807) is 25.1 Å². The summed E-state index contributed by atoms with van der Waals surface area (Å²) in [4.78, 5) is 15.6. The SMILES string of the molecule is CCOC(=O)c1c(CCc2ccc(Cl)cc2)[nH]c2ccc(O)cc12. The summed E-state index contributed by atoms with van der Waals surface area (Å²) in [6.45, 7) is 2.08. The molecular weight excluding hydrogens is 326 g/mol. The van der Waals surface area contributed by atoms with Crippen molar-refractivity contribution in [2.45, 2.75) is 19.8 Å². The number of H-pyrrole nitrogens is 1. The molecule has 0 amide bonds. The number of phenolic OH excluding ortho intramolecular Hbond substituents is 1. The number of aromatic hydroxyl groups is 1. The van der Waals surface area contributed by atoms with Crippen LogP contribution in [-0.4, -0.2) is 22.7 Å². The van der Waals surface area contributed by atoms with Crippen LogP contribution < -0.4 is 0 Å². The Labute approximate surface area is 145 Å². The van der Waals surface area contributed by atoms with Gasteiger partial charge in [-0.25, -0.2) is 4.79 Å². The van der Waals surface area contributed by atoms with Crippen molar-refractivity contribution >= 4 is 28.5 Å². The standard InChI is InChI=1S/C19H18ClNO3/c1-2-24-19(23)18-15-11-14(22)8-10-16(15)21-17(18)9-5-12-3-6-13(20)7-4-12/h3-4,6-8,10-11,21-22H,2,5,9H2,1H3. The van der Waals surface area contributed by atoms with Gasteiger partial charge in [-0.1, -0.05) is 23.7 Å². The maximum atomic E-state index is 12.4. The number of carbonyl (C=O) groups is 1. The third-order valence-electron chi connectivity index (χ3n) is 3.92. The maximum Gasteiger partial charge on any atom is 0.340 e. The molecule has 0 spiro atoms. The number of benzene rings is 2. The van der Waals surface area contributed by atoms with E-state index in [9.17, 15) is 9.90 Å². The first-order chi connectivity index (χ1) is 11.6. The minimum Gasteiger partial charge on any atom is -0.508 e. The number of rotatable bonds is 5. The fourth-order valence-corrected chi connectivity index (χ4v) is 2.91. The summed E-state index contributed by atoms with van der Waals surface area (Å²) in [5.74, 6) is -0.253. The van der Waals surface area contributed by atoms with E-state index in [1.165, 1.54) is 0 Å². The normalized spacial score (nSPS) is 10.9. The van der Waals surface area contributed by atoms with Crippen LogP contribution in [0.15, 0.2) is 42.5 Å². The number of aryl methyl sites for hydroxylation is 2. The van der Waals surface area contributed by atoms with Gasteiger partial charge in [0.1, 0.15) is 5.75 Å². The van der Waals surface area contributed by atoms with Crippen LogP contribution >= 0.6 is 11.6 Å². The van der Waals surface area contributed by atoms with E-state index in [0.29, 0.717) is 29.0 Å². The summed E-state index contributed by atoms with van der Waals surface area (Å²) >= 11 is 5.91. The molecule has 0 aliphatic carbocycles. The van der Waals surface area contributed by atoms with Crippen molar-refractivity contribution in [3.8, 4) is 5.75 Å². The van der Waals surface area contributed by atoms with E-state index in [4.69, 9.17) is 16.3 Å². The zero-order valence-corrected chi connectivity index (χ0v) is 14.1. The average molecular weight is 344 g/mol. The number of ether oxygens (including phenoxy) is 1. The minimum atomic E-state index is -0.375. The molecule has 0 bridgehead atoms. The van der Waals surface area contributed by atoms with E-state index < -0.39 is 0 Å². The zero-order chi connectivity index (χ0) is 17.1. The fourth-order valence-electron chi connectivity index (χ4n) is 2.78. The summed E-state index contributed by atoms with van der Waals surface area (Å²) in [5.41, 5.74) is 3.25. The van der Waals surface area contributed by atoms with Crippen LogP contribution in [0.5, 0.6) is 5.75 Å². The van der Waals surface area contributed by atoms with Gasteiger partial charge in [-0.05, 0) is 55.7 Å². The molecule has 0 atom stereocenters. The van der Waals surface area contributed by atoms with Gasteiger partial charge in [-0.2, -0.15) is 0 Å². The van der Waals surface area contributed by atoms with Gasteiger partial charge in [0.25, 0.3) is 0 Å². The Bertz CT molecular complexity index is 868. The lowest BCUT2D eigenvalue weighted by Crippen LogP contribution is -2.08. The van der Waals surface area contributed by atoms with Crippen molar-refractivity contribution in [2.75, 3.05) is 6.61 Å². The highest BCUT2D eigenvalue weighted by atomic mass is 35.5. The second-order valence-electron chi connectivity index (χ2n) is 5.56. The summed E-state index contributed by atoms with van der Waals surface area (Å²) in [7, 11) is 0. The molecule has 4 nitrogen and oxygen atoms in total. The highest BCUT2D eigenvalue weighted by Gasteiger charge is 2.19. The fraction of sp³-hybridized carbons (Fsp3) is 0.211. The van der Waals surface area contributed by atoms with Crippen molar-refractivity contribution in [3.63, 3.8) is 0 Å². The molecule has 3 rings (SSSR count). The lowest BCUT2D eigenvalue weighted by Gasteiger charge is -2.05. The molecule has 0 unspecified atom stereocenters. The molecule has 0 aliphatic rings. The van der Waals surface area contributed by atoms with E-state index >= 15 is 0 Å². The Kier molecular flexibility index (Phi) is 4.76. The molecule has 5 heteroatoms. The highest BCUT2D eigenvalue weighted by Crippen LogP contribution is 2.28. The van der Waals surface area contributed by atoms with E-state index in [0.717, 1.165) is 23.2 Å². The largest absolute Gasteiger partial charge is 0.508 e. The second-order valence-corrected chi connectivity index (χ2v) is 5.99. The zero-order valence-electron chi connectivity index (χ0n) is 13.3. The van der Waals surface area contributed by atoms with Gasteiger partial charge in [0.05, 0.1) is 12.2 Å². The van der Waals surface area contributed by atoms with Crippen molar-refractivity contribution in [1.82, 2.24) is 4.98 Å². The number of hydrogen-bond acceptors (Lipinski definition) is 3. The first kappa shape index (κ1) is 16.4. The van der Waals surface area contributed by atoms with Gasteiger partial charge in [-0.15, -0.1) is 0 Å². The van der Waals surface area contributed by atoms with Crippen LogP contribution in [0, 0.1) is 0 Å². The van der Waals surface area contributed by atoms with Crippen LogP contribution in [0.2, 0.25) is 5.02 Å². The molecule has 0 saturated carbocycles. The summed E-state index contributed by atoms with van der Waals surface area (Å²) in [6.07, 6.45) is 1.42. The summed E-state index contributed by atoms with van der Waals surface area (Å²) in [6, 6.07) is 12.6. The number of carbonyl (C=O) groups excluding carboxylic acids is 1. The molecule has 0 fully saturated rings. The molecule has 124 valence electrons. The van der Waals surface area contributed by atoms with Crippen molar-refractivity contribution in [1.29, 1.82) is 0 Å². The summed E-state index contributed by atoms with van der Waals surface area (Å²) < 4.78 is 5.18. The molecule has 0 radical (unpaired) electrons. The number of hydrogen-bond donors (Lipinski definition) is 2. The Morgan fingerprint density at radius 1 is 1.17 bits per heavy atom. The highest BCUT2D eigenvalue weighted by molar-refractivity contribution is 6.30. The molecule has 2 N–H and O–H groups in total. The molecule has 1 aromatic heterocycles. The number of nitrogens with one attached hydrogen (secondary N) is 1. The van der Waals surface area contributed by atoms with Crippen LogP contribution in [-0.2, 0) is 17.6 Å². The van der Waals surface area contributed by atoms with Crippen LogP contribution in [0.3, 0.4) is 0 Å². The van der Waals surface area contributed by atoms with Gasteiger partial charge in [0.15, 0.2) is 0 Å². The quantitative estimate of drug-likeness (QED) is 0.671. The number of phenols is 1. The molecule has 3 aromatic rings. The topological polar surface area (TPSA) is 62.3 Å². The van der Waals surface area contributed by atoms with Crippen molar-refractivity contribution in [2.24, 2.45) is 0 Å². The average Bonchev–Trinajstić information content (AvgIpc) is 2.92. The lowest BCUT2D eigenvalue weighted by atomic mass is 10.0. The third-order valence-corrected chi connectivity index (χ3v) is 4.17. The van der Waals surface area contributed by atoms with Gasteiger partial charge in [0.2, 0.25) is 0 Å². The molecule has 24 heavy (non-hydrogen) atoms. The smallest absolute Gasteiger partial charge is 0.340 e. The van der Waals surface area contributed by atoms with Gasteiger partial charge in [0, 0.05) is 21.6 Å². The predicted molar refractivity (Wildman–Crippen MR) is 94.8 cm³/mol. The lowest BCUT2D eigenvalue weighted by molar-refractivity contribution is 0.0527. The number of esters is 1. The monoisotopic (exact) mass is 343 g/mol. The number of aromatic amines is 1. The van der Waals surface area contributed by atoms with E-state index in [2.05, 4.69) is 4.98 Å². The predicted octanol–water partition coefficient (Wildman–Crippen LogP) is 4.49. The van der Waals surface area contributed by atoms with Gasteiger partial charge >= 0.3 is 5.97 Å². The first-order valence-electron chi connectivity index (χ1n) is 7.83. The molecule has 1 heterocycles. The minimum absolute atomic E-state index is 0.122. The molecule has 0 saturated heterocycles. The number of halogens is 1. The van der Waals surface area contributed by atoms with Crippen molar-refractivity contribution < 1.29 is 14.6 Å². The van der Waals surface area contributed by atoms with Crippen LogP contribution in [0.1, 0.15) is 28.5 Å². The summed E-state index contributed by atoms with van der Waals surface area (Å²) in [5, 5.41) is 11.1. The Balaban J connectivity index is 1.95. The second kappa shape index (κ2) is 6.97. The van der Waals surface area contributed by atoms with Crippen molar-refractivity contribution in [3.05, 3.63) is 64.3 Å². The van der Waals surface area contributed by atoms with Crippen LogP contribution in [0.4, 0.5) is 0 Å². The molecule has 2 aromatic carbocycles. The van der Waals surface area contributed by atoms with Gasteiger partial charge in [-0.3, -0.25) is 0 Å². The number of fused-ring (bicyclic) bond motifs is 1. The van der Waals surface area contributed by atoms with E-state index in [-0.39, 0.29) is 11.7 Å². The Hall–Kier alpha value is -2.46. The van der Waals surface area contributed by atoms with Gasteiger partial charge < -0.3 is 14.8 Å².